The molecule has 2 aromatic rings. The van der Waals surface area contributed by atoms with Crippen molar-refractivity contribution in [3.05, 3.63) is 65.2 Å². The highest BCUT2D eigenvalue weighted by Crippen LogP contribution is 2.31. The minimum atomic E-state index is -0.729. The van der Waals surface area contributed by atoms with Crippen LogP contribution in [-0.2, 0) is 11.4 Å². The summed E-state index contributed by atoms with van der Waals surface area (Å²) in [5.74, 6) is -0.186. The number of nitrogens with one attached hydrogen (secondary N) is 1. The van der Waals surface area contributed by atoms with Gasteiger partial charge in [0.25, 0.3) is 0 Å². The Labute approximate surface area is 136 Å². The standard InChI is InChI=1S/C19H21NO3/c1-13-7-8-15(17-9-16(11-20-17)19(21)22)10-18(13)23-12-14-5-3-2-4-6-14/h2-8,10,16-17,20H,9,11-12H2,1H3,(H,21,22). The zero-order valence-corrected chi connectivity index (χ0v) is 13.2. The fourth-order valence-corrected chi connectivity index (χ4v) is 2.90. The molecule has 0 spiro atoms. The van der Waals surface area contributed by atoms with E-state index in [1.165, 1.54) is 0 Å². The molecule has 0 amide bonds. The van der Waals surface area contributed by atoms with Crippen molar-refractivity contribution in [3.63, 3.8) is 0 Å². The molecule has 4 heteroatoms. The number of aryl methyl sites for hydroxylation is 1. The molecule has 2 atom stereocenters. The smallest absolute Gasteiger partial charge is 0.307 e. The van der Waals surface area contributed by atoms with Crippen LogP contribution in [0.4, 0.5) is 0 Å². The van der Waals surface area contributed by atoms with Crippen LogP contribution in [0.3, 0.4) is 0 Å². The van der Waals surface area contributed by atoms with Gasteiger partial charge < -0.3 is 15.2 Å². The van der Waals surface area contributed by atoms with E-state index in [0.717, 1.165) is 22.4 Å². The van der Waals surface area contributed by atoms with E-state index in [1.54, 1.807) is 0 Å². The average Bonchev–Trinajstić information content (AvgIpc) is 3.05. The Morgan fingerprint density at radius 2 is 2.04 bits per heavy atom. The van der Waals surface area contributed by atoms with E-state index in [4.69, 9.17) is 9.84 Å². The van der Waals surface area contributed by atoms with Crippen LogP contribution in [0.2, 0.25) is 0 Å². The number of carbonyl (C=O) groups is 1. The third-order valence-electron chi connectivity index (χ3n) is 4.33. The summed E-state index contributed by atoms with van der Waals surface area (Å²) in [5, 5.41) is 12.4. The number of hydrogen-bond donors (Lipinski definition) is 2. The Kier molecular flexibility index (Phi) is 4.63. The van der Waals surface area contributed by atoms with Crippen molar-refractivity contribution in [3.8, 4) is 5.75 Å². The molecular weight excluding hydrogens is 290 g/mol. The first-order chi connectivity index (χ1) is 11.1. The van der Waals surface area contributed by atoms with Gasteiger partial charge in [-0.05, 0) is 36.1 Å². The van der Waals surface area contributed by atoms with E-state index in [2.05, 4.69) is 5.32 Å². The number of carboxylic acid groups (broad SMARTS) is 1. The molecule has 1 aliphatic rings. The molecule has 23 heavy (non-hydrogen) atoms. The second-order valence-corrected chi connectivity index (χ2v) is 6.03. The summed E-state index contributed by atoms with van der Waals surface area (Å²) in [6.07, 6.45) is 0.622. The van der Waals surface area contributed by atoms with Gasteiger partial charge in [-0.25, -0.2) is 0 Å². The quantitative estimate of drug-likeness (QED) is 0.889. The normalized spacial score (nSPS) is 20.4. The van der Waals surface area contributed by atoms with Gasteiger partial charge in [0.2, 0.25) is 0 Å². The Balaban J connectivity index is 1.71. The first-order valence-electron chi connectivity index (χ1n) is 7.87. The maximum atomic E-state index is 11.1. The van der Waals surface area contributed by atoms with Crippen LogP contribution < -0.4 is 10.1 Å². The molecule has 0 radical (unpaired) electrons. The van der Waals surface area contributed by atoms with Crippen molar-refractivity contribution in [2.24, 2.45) is 5.92 Å². The number of hydrogen-bond acceptors (Lipinski definition) is 3. The molecule has 2 aromatic carbocycles. The van der Waals surface area contributed by atoms with E-state index in [0.29, 0.717) is 19.6 Å². The predicted octanol–water partition coefficient (Wildman–Crippen LogP) is 3.31. The third-order valence-corrected chi connectivity index (χ3v) is 4.33. The predicted molar refractivity (Wildman–Crippen MR) is 88.4 cm³/mol. The van der Waals surface area contributed by atoms with Crippen molar-refractivity contribution < 1.29 is 14.6 Å². The lowest BCUT2D eigenvalue weighted by Crippen LogP contribution is -2.17. The van der Waals surface area contributed by atoms with Gasteiger partial charge in [-0.15, -0.1) is 0 Å². The summed E-state index contributed by atoms with van der Waals surface area (Å²) in [5.41, 5.74) is 3.29. The summed E-state index contributed by atoms with van der Waals surface area (Å²) in [6, 6.07) is 16.2. The van der Waals surface area contributed by atoms with E-state index in [1.807, 2.05) is 55.5 Å². The van der Waals surface area contributed by atoms with Crippen LogP contribution in [-0.4, -0.2) is 17.6 Å². The number of aliphatic carboxylic acids is 1. The zero-order chi connectivity index (χ0) is 16.2. The lowest BCUT2D eigenvalue weighted by atomic mass is 9.99. The molecule has 0 aromatic heterocycles. The second kappa shape index (κ2) is 6.84. The van der Waals surface area contributed by atoms with E-state index >= 15 is 0 Å². The first kappa shape index (κ1) is 15.6. The molecule has 1 aliphatic heterocycles. The molecule has 0 saturated carbocycles. The SMILES string of the molecule is Cc1ccc(C2CC(C(=O)O)CN2)cc1OCc1ccccc1. The molecule has 2 unspecified atom stereocenters. The van der Waals surface area contributed by atoms with Gasteiger partial charge in [0.05, 0.1) is 5.92 Å². The zero-order valence-electron chi connectivity index (χ0n) is 13.2. The highest BCUT2D eigenvalue weighted by atomic mass is 16.5. The largest absolute Gasteiger partial charge is 0.489 e. The second-order valence-electron chi connectivity index (χ2n) is 6.03. The van der Waals surface area contributed by atoms with E-state index in [-0.39, 0.29) is 12.0 Å². The summed E-state index contributed by atoms with van der Waals surface area (Å²) in [6.45, 7) is 3.07. The van der Waals surface area contributed by atoms with Crippen LogP contribution in [0.5, 0.6) is 5.75 Å². The van der Waals surface area contributed by atoms with Crippen molar-refractivity contribution >= 4 is 5.97 Å². The number of carboxylic acids is 1. The van der Waals surface area contributed by atoms with Gasteiger partial charge in [-0.1, -0.05) is 42.5 Å². The Bertz CT molecular complexity index is 684. The Hall–Kier alpha value is -2.33. The fourth-order valence-electron chi connectivity index (χ4n) is 2.90. The molecule has 1 saturated heterocycles. The molecule has 3 rings (SSSR count). The lowest BCUT2D eigenvalue weighted by molar-refractivity contribution is -0.141. The summed E-state index contributed by atoms with van der Waals surface area (Å²) in [7, 11) is 0. The van der Waals surface area contributed by atoms with E-state index < -0.39 is 5.97 Å². The van der Waals surface area contributed by atoms with Crippen molar-refractivity contribution in [2.75, 3.05) is 6.54 Å². The van der Waals surface area contributed by atoms with Gasteiger partial charge in [-0.2, -0.15) is 0 Å². The number of rotatable bonds is 5. The summed E-state index contributed by atoms with van der Waals surface area (Å²) < 4.78 is 5.95. The maximum Gasteiger partial charge on any atom is 0.307 e. The van der Waals surface area contributed by atoms with Crippen molar-refractivity contribution in [1.82, 2.24) is 5.32 Å². The molecule has 120 valence electrons. The summed E-state index contributed by atoms with van der Waals surface area (Å²) in [4.78, 5) is 11.1. The molecule has 1 fully saturated rings. The van der Waals surface area contributed by atoms with Crippen molar-refractivity contribution in [2.45, 2.75) is 26.0 Å². The summed E-state index contributed by atoms with van der Waals surface area (Å²) >= 11 is 0. The van der Waals surface area contributed by atoms with Crippen molar-refractivity contribution in [1.29, 1.82) is 0 Å². The molecular formula is C19H21NO3. The van der Waals surface area contributed by atoms with Crippen LogP contribution in [0, 0.1) is 12.8 Å². The van der Waals surface area contributed by atoms with Crippen LogP contribution in [0.25, 0.3) is 0 Å². The number of benzene rings is 2. The maximum absolute atomic E-state index is 11.1. The highest BCUT2D eigenvalue weighted by Gasteiger charge is 2.30. The monoisotopic (exact) mass is 311 g/mol. The Morgan fingerprint density at radius 1 is 1.26 bits per heavy atom. The molecule has 1 heterocycles. The minimum Gasteiger partial charge on any atom is -0.489 e. The van der Waals surface area contributed by atoms with Gasteiger partial charge >= 0.3 is 5.97 Å². The lowest BCUT2D eigenvalue weighted by Gasteiger charge is -2.15. The molecule has 4 nitrogen and oxygen atoms in total. The van der Waals surface area contributed by atoms with Crippen LogP contribution in [0.1, 0.15) is 29.2 Å². The third kappa shape index (κ3) is 3.71. The number of ether oxygens (including phenoxy) is 1. The molecule has 2 N–H and O–H groups in total. The molecule has 0 bridgehead atoms. The Morgan fingerprint density at radius 3 is 2.74 bits per heavy atom. The van der Waals surface area contributed by atoms with Crippen LogP contribution in [0.15, 0.2) is 48.5 Å². The van der Waals surface area contributed by atoms with Gasteiger partial charge in [-0.3, -0.25) is 4.79 Å². The average molecular weight is 311 g/mol. The molecule has 0 aliphatic carbocycles. The van der Waals surface area contributed by atoms with E-state index in [9.17, 15) is 4.79 Å². The topological polar surface area (TPSA) is 58.6 Å². The van der Waals surface area contributed by atoms with Gasteiger partial charge in [0, 0.05) is 12.6 Å². The van der Waals surface area contributed by atoms with Gasteiger partial charge in [0.15, 0.2) is 0 Å². The highest BCUT2D eigenvalue weighted by molar-refractivity contribution is 5.70. The van der Waals surface area contributed by atoms with Crippen LogP contribution >= 0.6 is 0 Å². The first-order valence-corrected chi connectivity index (χ1v) is 7.87. The fraction of sp³-hybridized carbons (Fsp3) is 0.316. The minimum absolute atomic E-state index is 0.0794. The van der Waals surface area contributed by atoms with Gasteiger partial charge in [0.1, 0.15) is 12.4 Å².